The van der Waals surface area contributed by atoms with E-state index in [0.29, 0.717) is 11.5 Å². The van der Waals surface area contributed by atoms with Gasteiger partial charge in [-0.2, -0.15) is 0 Å². The molecule has 0 aliphatic heterocycles. The minimum absolute atomic E-state index is 0.0909. The largest absolute Gasteiger partial charge is 0.206 e. The van der Waals surface area contributed by atoms with Crippen LogP contribution in [0.2, 0.25) is 0 Å². The maximum Gasteiger partial charge on any atom is 0.131 e. The van der Waals surface area contributed by atoms with E-state index in [9.17, 15) is 4.39 Å². The number of hydrogen-bond acceptors (Lipinski definition) is 0. The maximum atomic E-state index is 14.7. The molecule has 2 aromatic carbocycles. The third-order valence-electron chi connectivity index (χ3n) is 6.62. The molecule has 1 unspecified atom stereocenters. The molecule has 0 N–H and O–H groups in total. The van der Waals surface area contributed by atoms with Crippen molar-refractivity contribution in [2.24, 2.45) is 17.8 Å². The molecule has 1 fully saturated rings. The van der Waals surface area contributed by atoms with Crippen LogP contribution in [0.5, 0.6) is 0 Å². The van der Waals surface area contributed by atoms with E-state index >= 15 is 0 Å². The molecule has 1 heteroatoms. The zero-order valence-electron chi connectivity index (χ0n) is 17.3. The Bertz CT molecular complexity index is 707. The summed E-state index contributed by atoms with van der Waals surface area (Å²) in [6, 6.07) is 14.0. The fourth-order valence-electron chi connectivity index (χ4n) is 4.73. The Kier molecular flexibility index (Phi) is 7.10. The first-order chi connectivity index (χ1) is 13.1. The smallest absolute Gasteiger partial charge is 0.131 e. The van der Waals surface area contributed by atoms with Crippen LogP contribution in [0.25, 0.3) is 11.1 Å². The predicted octanol–water partition coefficient (Wildman–Crippen LogP) is 7.98. The van der Waals surface area contributed by atoms with E-state index in [-0.39, 0.29) is 5.82 Å². The lowest BCUT2D eigenvalue weighted by molar-refractivity contribution is 0.204. The molecule has 146 valence electrons. The molecule has 0 nitrogen and oxygen atoms in total. The summed E-state index contributed by atoms with van der Waals surface area (Å²) < 4.78 is 14.7. The van der Waals surface area contributed by atoms with E-state index in [2.05, 4.69) is 26.8 Å². The molecule has 1 aliphatic carbocycles. The topological polar surface area (TPSA) is 0 Å². The molecule has 1 saturated carbocycles. The Morgan fingerprint density at radius 3 is 2.33 bits per heavy atom. The van der Waals surface area contributed by atoms with Crippen LogP contribution in [0.4, 0.5) is 4.39 Å². The van der Waals surface area contributed by atoms with Crippen LogP contribution in [0.15, 0.2) is 42.5 Å². The van der Waals surface area contributed by atoms with Gasteiger partial charge in [0, 0.05) is 5.56 Å². The summed E-state index contributed by atoms with van der Waals surface area (Å²) in [6.45, 7) is 6.71. The highest BCUT2D eigenvalue weighted by atomic mass is 19.1. The van der Waals surface area contributed by atoms with Gasteiger partial charge in [-0.25, -0.2) is 4.39 Å². The van der Waals surface area contributed by atoms with Crippen LogP contribution in [-0.2, 0) is 6.42 Å². The van der Waals surface area contributed by atoms with Gasteiger partial charge in [-0.1, -0.05) is 87.9 Å². The first kappa shape index (κ1) is 20.1. The zero-order chi connectivity index (χ0) is 19.2. The van der Waals surface area contributed by atoms with Gasteiger partial charge in [0.1, 0.15) is 5.82 Å². The van der Waals surface area contributed by atoms with Crippen molar-refractivity contribution in [3.05, 3.63) is 59.4 Å². The third kappa shape index (κ3) is 5.43. The second-order valence-electron chi connectivity index (χ2n) is 8.78. The summed E-state index contributed by atoms with van der Waals surface area (Å²) in [7, 11) is 0. The van der Waals surface area contributed by atoms with Crippen molar-refractivity contribution in [3.63, 3.8) is 0 Å². The average Bonchev–Trinajstić information content (AvgIpc) is 2.68. The lowest BCUT2D eigenvalue weighted by Gasteiger charge is -2.32. The molecule has 0 radical (unpaired) electrons. The molecular weight excluding hydrogens is 331 g/mol. The highest BCUT2D eigenvalue weighted by Crippen LogP contribution is 2.37. The standard InChI is InChI=1S/C26H35F/c1-4-5-6-21-9-14-23(15-10-21)20(3)17-22-11-16-25(26(27)18-22)24-12-7-19(2)8-13-24/h7-8,11-13,16,18,20-21,23H,4-6,9-10,14-15,17H2,1-3H3. The fraction of sp³-hybridized carbons (Fsp3) is 0.538. The number of hydrogen-bond donors (Lipinski definition) is 0. The van der Waals surface area contributed by atoms with Gasteiger partial charge in [0.25, 0.3) is 0 Å². The minimum Gasteiger partial charge on any atom is -0.206 e. The van der Waals surface area contributed by atoms with Crippen LogP contribution in [0, 0.1) is 30.5 Å². The van der Waals surface area contributed by atoms with E-state index in [1.807, 2.05) is 30.3 Å². The van der Waals surface area contributed by atoms with Crippen molar-refractivity contribution in [1.82, 2.24) is 0 Å². The summed E-state index contributed by atoms with van der Waals surface area (Å²) in [5, 5.41) is 0. The van der Waals surface area contributed by atoms with Crippen molar-refractivity contribution in [1.29, 1.82) is 0 Å². The van der Waals surface area contributed by atoms with Crippen LogP contribution in [0.1, 0.15) is 69.9 Å². The van der Waals surface area contributed by atoms with E-state index in [0.717, 1.165) is 29.4 Å². The van der Waals surface area contributed by atoms with Crippen molar-refractivity contribution in [2.45, 2.75) is 72.1 Å². The van der Waals surface area contributed by atoms with Gasteiger partial charge in [-0.3, -0.25) is 0 Å². The van der Waals surface area contributed by atoms with Crippen LogP contribution < -0.4 is 0 Å². The van der Waals surface area contributed by atoms with E-state index in [1.165, 1.54) is 50.5 Å². The van der Waals surface area contributed by atoms with E-state index in [4.69, 9.17) is 0 Å². The molecular formula is C26H35F. The molecule has 27 heavy (non-hydrogen) atoms. The van der Waals surface area contributed by atoms with Crippen molar-refractivity contribution < 1.29 is 4.39 Å². The average molecular weight is 367 g/mol. The molecule has 0 amide bonds. The normalized spacial score (nSPS) is 21.2. The van der Waals surface area contributed by atoms with Crippen LogP contribution in [-0.4, -0.2) is 0 Å². The fourth-order valence-corrected chi connectivity index (χ4v) is 4.73. The van der Waals surface area contributed by atoms with E-state index in [1.54, 1.807) is 6.07 Å². The summed E-state index contributed by atoms with van der Waals surface area (Å²) in [6.07, 6.45) is 10.6. The van der Waals surface area contributed by atoms with Gasteiger partial charge in [0.05, 0.1) is 0 Å². The number of aryl methyl sites for hydroxylation is 1. The van der Waals surface area contributed by atoms with Crippen LogP contribution in [0.3, 0.4) is 0 Å². The molecule has 2 aromatic rings. The molecule has 0 heterocycles. The summed E-state index contributed by atoms with van der Waals surface area (Å²) in [5.41, 5.74) is 4.02. The number of unbranched alkanes of at least 4 members (excludes halogenated alkanes) is 1. The molecule has 0 aromatic heterocycles. The lowest BCUT2D eigenvalue weighted by Crippen LogP contribution is -2.21. The van der Waals surface area contributed by atoms with Crippen molar-refractivity contribution in [3.8, 4) is 11.1 Å². The third-order valence-corrected chi connectivity index (χ3v) is 6.62. The Balaban J connectivity index is 1.58. The maximum absolute atomic E-state index is 14.7. The second-order valence-corrected chi connectivity index (χ2v) is 8.78. The number of halogens is 1. The Labute approximate surface area is 165 Å². The van der Waals surface area contributed by atoms with Crippen LogP contribution >= 0.6 is 0 Å². The Morgan fingerprint density at radius 1 is 1.00 bits per heavy atom. The van der Waals surface area contributed by atoms with Gasteiger partial charge in [0.15, 0.2) is 0 Å². The molecule has 1 atom stereocenters. The van der Waals surface area contributed by atoms with Gasteiger partial charge in [-0.05, 0) is 61.1 Å². The van der Waals surface area contributed by atoms with E-state index < -0.39 is 0 Å². The van der Waals surface area contributed by atoms with Gasteiger partial charge < -0.3 is 0 Å². The SMILES string of the molecule is CCCCC1CCC(C(C)Cc2ccc(-c3ccc(C)cc3)c(F)c2)CC1. The monoisotopic (exact) mass is 366 g/mol. The Morgan fingerprint density at radius 2 is 1.70 bits per heavy atom. The van der Waals surface area contributed by atoms with Gasteiger partial charge in [0.2, 0.25) is 0 Å². The molecule has 1 aliphatic rings. The summed E-state index contributed by atoms with van der Waals surface area (Å²) >= 11 is 0. The first-order valence-electron chi connectivity index (χ1n) is 10.9. The van der Waals surface area contributed by atoms with Gasteiger partial charge >= 0.3 is 0 Å². The predicted molar refractivity (Wildman–Crippen MR) is 114 cm³/mol. The highest BCUT2D eigenvalue weighted by Gasteiger charge is 2.25. The number of benzene rings is 2. The van der Waals surface area contributed by atoms with Crippen molar-refractivity contribution in [2.75, 3.05) is 0 Å². The first-order valence-corrected chi connectivity index (χ1v) is 10.9. The minimum atomic E-state index is -0.0909. The summed E-state index contributed by atoms with van der Waals surface area (Å²) in [5.74, 6) is 2.32. The quantitative estimate of drug-likeness (QED) is 0.466. The van der Waals surface area contributed by atoms with Crippen molar-refractivity contribution >= 4 is 0 Å². The summed E-state index contributed by atoms with van der Waals surface area (Å²) in [4.78, 5) is 0. The number of rotatable bonds is 7. The second kappa shape index (κ2) is 9.53. The zero-order valence-corrected chi connectivity index (χ0v) is 17.3. The van der Waals surface area contributed by atoms with Gasteiger partial charge in [-0.15, -0.1) is 0 Å². The highest BCUT2D eigenvalue weighted by molar-refractivity contribution is 5.64. The molecule has 3 rings (SSSR count). The molecule has 0 spiro atoms. The lowest BCUT2D eigenvalue weighted by atomic mass is 9.73. The molecule has 0 bridgehead atoms. The Hall–Kier alpha value is -1.63. The molecule has 0 saturated heterocycles.